The summed E-state index contributed by atoms with van der Waals surface area (Å²) in [7, 11) is 0. The van der Waals surface area contributed by atoms with Crippen LogP contribution >= 0.6 is 0 Å². The molecule has 1 fully saturated rings. The molecule has 2 rings (SSSR count). The van der Waals surface area contributed by atoms with E-state index in [-0.39, 0.29) is 0 Å². The molecule has 0 aromatic carbocycles. The molecule has 158 valence electrons. The Morgan fingerprint density at radius 1 is 1.31 bits per heavy atom. The maximum Gasteiger partial charge on any atom is 0.413 e. The number of hydrogen-bond donors (Lipinski definition) is 3. The molecule has 3 amide bonds. The molecule has 0 saturated carbocycles. The monoisotopic (exact) mass is 407 g/mol. The number of ether oxygens (including phenoxy) is 1. The van der Waals surface area contributed by atoms with Crippen LogP contribution in [0.1, 0.15) is 39.0 Å². The Labute approximate surface area is 167 Å². The topological polar surface area (TPSA) is 142 Å². The van der Waals surface area contributed by atoms with Crippen LogP contribution < -0.4 is 10.6 Å². The quantitative estimate of drug-likeness (QED) is 0.497. The lowest BCUT2D eigenvalue weighted by Crippen LogP contribution is -2.54. The van der Waals surface area contributed by atoms with Crippen molar-refractivity contribution in [2.45, 2.75) is 57.2 Å². The van der Waals surface area contributed by atoms with Crippen LogP contribution in [0.25, 0.3) is 0 Å². The Kier molecular flexibility index (Phi) is 7.93. The van der Waals surface area contributed by atoms with E-state index in [1.54, 1.807) is 12.2 Å². The Bertz CT molecular complexity index is 731. The molecule has 3 N–H and O–H groups in total. The second-order valence-electron chi connectivity index (χ2n) is 6.88. The number of carboxylic acid groups (broad SMARTS) is 1. The zero-order valence-corrected chi connectivity index (χ0v) is 16.1. The number of carbonyl (C=O) groups excluding carboxylic acids is 4. The van der Waals surface area contributed by atoms with E-state index in [2.05, 4.69) is 10.6 Å². The third-order valence-electron chi connectivity index (χ3n) is 4.60. The number of aldehydes is 1. The Balaban J connectivity index is 1.92. The first-order chi connectivity index (χ1) is 13.8. The average molecular weight is 407 g/mol. The van der Waals surface area contributed by atoms with Gasteiger partial charge in [-0.1, -0.05) is 6.08 Å². The summed E-state index contributed by atoms with van der Waals surface area (Å²) in [6, 6.07) is -2.92. The zero-order chi connectivity index (χ0) is 21.4. The van der Waals surface area contributed by atoms with Gasteiger partial charge in [-0.15, -0.1) is 0 Å². The minimum absolute atomic E-state index is 0.316. The molecule has 0 spiro atoms. The summed E-state index contributed by atoms with van der Waals surface area (Å²) in [5, 5.41) is 13.6. The van der Waals surface area contributed by atoms with E-state index in [1.807, 2.05) is 6.08 Å². The molecule has 1 aliphatic carbocycles. The van der Waals surface area contributed by atoms with Gasteiger partial charge in [0.15, 0.2) is 0 Å². The van der Waals surface area contributed by atoms with Gasteiger partial charge in [0.25, 0.3) is 0 Å². The molecule has 0 aromatic rings. The van der Waals surface area contributed by atoms with Crippen LogP contribution in [0, 0.1) is 0 Å². The zero-order valence-electron chi connectivity index (χ0n) is 16.1. The summed E-state index contributed by atoms with van der Waals surface area (Å²) in [6.45, 7) is 1.80. The van der Waals surface area contributed by atoms with Crippen LogP contribution in [0.15, 0.2) is 24.0 Å². The largest absolute Gasteiger partial charge is 0.481 e. The van der Waals surface area contributed by atoms with Crippen molar-refractivity contribution in [3.63, 3.8) is 0 Å². The van der Waals surface area contributed by atoms with Crippen LogP contribution in [0.4, 0.5) is 4.79 Å². The molecular weight excluding hydrogens is 382 g/mol. The Morgan fingerprint density at radius 3 is 2.69 bits per heavy atom. The number of hydrogen-bond acceptors (Lipinski definition) is 6. The van der Waals surface area contributed by atoms with Gasteiger partial charge in [0, 0.05) is 6.54 Å². The highest BCUT2D eigenvalue weighted by molar-refractivity contribution is 5.93. The highest BCUT2D eigenvalue weighted by Gasteiger charge is 2.37. The van der Waals surface area contributed by atoms with Gasteiger partial charge in [-0.3, -0.25) is 14.4 Å². The molecular formula is C19H25N3O7. The minimum Gasteiger partial charge on any atom is -0.481 e. The fraction of sp³-hybridized carbons (Fsp3) is 0.526. The second-order valence-corrected chi connectivity index (χ2v) is 6.88. The molecule has 1 saturated heterocycles. The third-order valence-corrected chi connectivity index (χ3v) is 4.60. The number of carbonyl (C=O) groups is 5. The summed E-state index contributed by atoms with van der Waals surface area (Å²) in [5.41, 5.74) is 0. The number of amides is 3. The average Bonchev–Trinajstić information content (AvgIpc) is 3.16. The van der Waals surface area contributed by atoms with E-state index in [9.17, 15) is 24.0 Å². The molecule has 1 aliphatic heterocycles. The maximum atomic E-state index is 12.7. The second kappa shape index (κ2) is 10.4. The molecule has 0 aromatic heterocycles. The van der Waals surface area contributed by atoms with Gasteiger partial charge < -0.3 is 30.2 Å². The fourth-order valence-corrected chi connectivity index (χ4v) is 3.19. The predicted octanol–water partition coefficient (Wildman–Crippen LogP) is 0.484. The number of nitrogens with zero attached hydrogens (tertiary/aromatic N) is 1. The maximum absolute atomic E-state index is 12.7. The Morgan fingerprint density at radius 2 is 2.07 bits per heavy atom. The minimum atomic E-state index is -1.22. The van der Waals surface area contributed by atoms with Crippen molar-refractivity contribution in [2.24, 2.45) is 0 Å². The van der Waals surface area contributed by atoms with Gasteiger partial charge >= 0.3 is 12.1 Å². The smallest absolute Gasteiger partial charge is 0.413 e. The number of allylic oxidation sites excluding steroid dienone is 3. The van der Waals surface area contributed by atoms with E-state index in [0.717, 1.165) is 12.8 Å². The lowest BCUT2D eigenvalue weighted by molar-refractivity contribution is -0.141. The summed E-state index contributed by atoms with van der Waals surface area (Å²) in [6.07, 6.45) is 6.96. The van der Waals surface area contributed by atoms with Crippen molar-refractivity contribution >= 4 is 30.2 Å². The molecule has 10 nitrogen and oxygen atoms in total. The van der Waals surface area contributed by atoms with Crippen molar-refractivity contribution < 1.29 is 33.8 Å². The van der Waals surface area contributed by atoms with Crippen LogP contribution in [0.5, 0.6) is 0 Å². The van der Waals surface area contributed by atoms with Crippen molar-refractivity contribution in [1.29, 1.82) is 0 Å². The molecule has 10 heteroatoms. The molecule has 0 radical (unpaired) electrons. The first-order valence-electron chi connectivity index (χ1n) is 9.44. The first kappa shape index (κ1) is 22.1. The van der Waals surface area contributed by atoms with Crippen molar-refractivity contribution in [3.8, 4) is 0 Å². The van der Waals surface area contributed by atoms with Crippen molar-refractivity contribution in [1.82, 2.24) is 15.5 Å². The van der Waals surface area contributed by atoms with Gasteiger partial charge in [-0.25, -0.2) is 4.79 Å². The van der Waals surface area contributed by atoms with Gasteiger partial charge in [0.2, 0.25) is 11.8 Å². The van der Waals surface area contributed by atoms with E-state index < -0.39 is 48.4 Å². The summed E-state index contributed by atoms with van der Waals surface area (Å²) in [5.74, 6) is -1.87. The summed E-state index contributed by atoms with van der Waals surface area (Å²) < 4.78 is 5.13. The van der Waals surface area contributed by atoms with E-state index >= 15 is 0 Å². The number of alkyl carbamates (subject to hydrolysis) is 1. The number of nitrogens with one attached hydrogen (secondary N) is 2. The van der Waals surface area contributed by atoms with Crippen LogP contribution in [0.3, 0.4) is 0 Å². The van der Waals surface area contributed by atoms with Crippen LogP contribution in [-0.2, 0) is 23.9 Å². The highest BCUT2D eigenvalue weighted by atomic mass is 16.6. The molecule has 0 bridgehead atoms. The predicted molar refractivity (Wildman–Crippen MR) is 101 cm³/mol. The van der Waals surface area contributed by atoms with Crippen LogP contribution in [0.2, 0.25) is 0 Å². The molecule has 0 unspecified atom stereocenters. The lowest BCUT2D eigenvalue weighted by Gasteiger charge is -2.27. The lowest BCUT2D eigenvalue weighted by atomic mass is 10.1. The van der Waals surface area contributed by atoms with Gasteiger partial charge in [-0.2, -0.15) is 0 Å². The van der Waals surface area contributed by atoms with Gasteiger partial charge in [0.05, 0.1) is 12.5 Å². The molecule has 2 aliphatic rings. The van der Waals surface area contributed by atoms with Crippen molar-refractivity contribution in [3.05, 3.63) is 24.0 Å². The highest BCUT2D eigenvalue weighted by Crippen LogP contribution is 2.19. The van der Waals surface area contributed by atoms with Gasteiger partial charge in [0.1, 0.15) is 24.1 Å². The number of carboxylic acids is 1. The third kappa shape index (κ3) is 6.44. The van der Waals surface area contributed by atoms with E-state index in [4.69, 9.17) is 9.84 Å². The molecule has 1 heterocycles. The first-order valence-corrected chi connectivity index (χ1v) is 9.44. The SMILES string of the molecule is C[C@H](NC(=O)OC1=CCCC=C1)C(=O)N1CCC[C@H]1C(=O)N[C@H](C=O)CC(=O)O. The number of aliphatic carboxylic acids is 1. The van der Waals surface area contributed by atoms with E-state index in [1.165, 1.54) is 11.8 Å². The number of rotatable bonds is 8. The molecule has 3 atom stereocenters. The van der Waals surface area contributed by atoms with Crippen molar-refractivity contribution in [2.75, 3.05) is 6.54 Å². The fourth-order valence-electron chi connectivity index (χ4n) is 3.19. The molecule has 29 heavy (non-hydrogen) atoms. The van der Waals surface area contributed by atoms with Gasteiger partial charge in [-0.05, 0) is 44.8 Å². The Hall–Kier alpha value is -3.17. The summed E-state index contributed by atoms with van der Waals surface area (Å²) >= 11 is 0. The number of likely N-dealkylation sites (tertiary alicyclic amines) is 1. The normalized spacial score (nSPS) is 20.2. The summed E-state index contributed by atoms with van der Waals surface area (Å²) in [4.78, 5) is 60.2. The standard InChI is InChI=1S/C19H25N3O7/c1-12(20-19(28)29-14-6-3-2-4-7-14)18(27)22-9-5-8-15(22)17(26)21-13(11-23)10-16(24)25/h3,6-7,11-13,15H,2,4-5,8-10H2,1H3,(H,20,28)(H,21,26)(H,24,25)/t12-,13-,15-/m0/s1. The van der Waals surface area contributed by atoms with Crippen LogP contribution in [-0.4, -0.2) is 64.8 Å². The van der Waals surface area contributed by atoms with E-state index in [0.29, 0.717) is 31.4 Å².